The average Bonchev–Trinajstić information content (AvgIpc) is 4.10. The summed E-state index contributed by atoms with van der Waals surface area (Å²) in [5, 5.41) is -2.11. The zero-order valence-electron chi connectivity index (χ0n) is 50.8. The first-order valence-electron chi connectivity index (χ1n) is 28.5. The average molecular weight is 1220 g/mol. The minimum Gasteiger partial charge on any atom is -0.381 e. The molecule has 4 rings (SSSR count). The van der Waals surface area contributed by atoms with Crippen molar-refractivity contribution >= 4 is 106 Å². The van der Waals surface area contributed by atoms with Gasteiger partial charge in [-0.15, -0.1) is 47.0 Å². The van der Waals surface area contributed by atoms with Crippen LogP contribution in [0.15, 0.2) is 30.1 Å². The summed E-state index contributed by atoms with van der Waals surface area (Å²) >= 11 is 5.18. The van der Waals surface area contributed by atoms with Crippen molar-refractivity contribution in [3.8, 4) is 0 Å². The summed E-state index contributed by atoms with van der Waals surface area (Å²) in [5.41, 5.74) is -0.882. The van der Waals surface area contributed by atoms with Crippen molar-refractivity contribution in [3.05, 3.63) is 30.1 Å². The molecule has 18 nitrogen and oxygen atoms in total. The Kier molecular flexibility index (Phi) is 27.4. The lowest BCUT2D eigenvalue weighted by molar-refractivity contribution is -0.140. The lowest BCUT2D eigenvalue weighted by Gasteiger charge is -2.33. The number of nitrogens with zero attached hydrogens (tertiary/aromatic N) is 4. The van der Waals surface area contributed by atoms with Crippen molar-refractivity contribution in [2.45, 2.75) is 155 Å². The van der Waals surface area contributed by atoms with E-state index in [-0.39, 0.29) is 173 Å². The van der Waals surface area contributed by atoms with Gasteiger partial charge in [-0.1, -0.05) is 102 Å². The number of likely N-dealkylation sites (tertiary alicyclic amines) is 4. The van der Waals surface area contributed by atoms with Crippen LogP contribution in [-0.4, -0.2) is 201 Å². The van der Waals surface area contributed by atoms with E-state index in [1.807, 2.05) is 68.3 Å². The Balaban J connectivity index is 1.46. The number of allylic oxidation sites excluding steroid dienone is 2. The molecule has 82 heavy (non-hydrogen) atoms. The molecular formula is C60H92N4O14S4. The molecule has 0 bridgehead atoms. The summed E-state index contributed by atoms with van der Waals surface area (Å²) in [6.45, 7) is 32.6. The molecule has 4 aliphatic rings. The van der Waals surface area contributed by atoms with Crippen LogP contribution in [-0.2, 0) is 66.9 Å². The van der Waals surface area contributed by atoms with Gasteiger partial charge in [0, 0.05) is 106 Å². The lowest BCUT2D eigenvalue weighted by Crippen LogP contribution is -2.42. The normalized spacial score (nSPS) is 21.0. The first-order valence-corrected chi connectivity index (χ1v) is 32.7. The number of carbonyl (C=O) groups excluding carboxylic acids is 10. The fourth-order valence-corrected chi connectivity index (χ4v) is 14.0. The van der Waals surface area contributed by atoms with Crippen LogP contribution in [0.5, 0.6) is 0 Å². The summed E-state index contributed by atoms with van der Waals surface area (Å²) in [6, 6.07) is 0. The Morgan fingerprint density at radius 1 is 0.463 bits per heavy atom. The second-order valence-corrected chi connectivity index (χ2v) is 30.6. The smallest absolute Gasteiger partial charge is 0.242 e. The van der Waals surface area contributed by atoms with Crippen LogP contribution in [0, 0.1) is 27.1 Å². The summed E-state index contributed by atoms with van der Waals surface area (Å²) in [4.78, 5) is 135. The van der Waals surface area contributed by atoms with E-state index in [0.717, 1.165) is 5.57 Å². The molecule has 6 amide bonds. The van der Waals surface area contributed by atoms with Gasteiger partial charge >= 0.3 is 0 Å². The van der Waals surface area contributed by atoms with Crippen LogP contribution in [0.2, 0.25) is 0 Å². The molecule has 0 radical (unpaired) electrons. The number of hydrogen-bond donors (Lipinski definition) is 0. The number of ketones is 3. The Labute approximate surface area is 504 Å². The summed E-state index contributed by atoms with van der Waals surface area (Å²) < 4.78 is 25.5. The molecule has 0 aliphatic carbocycles. The predicted octanol–water partition coefficient (Wildman–Crippen LogP) is 7.67. The highest BCUT2D eigenvalue weighted by Gasteiger charge is 2.42. The zero-order chi connectivity index (χ0) is 61.4. The molecule has 4 heterocycles. The molecular weight excluding hydrogens is 1130 g/mol. The highest BCUT2D eigenvalue weighted by Crippen LogP contribution is 2.36. The van der Waals surface area contributed by atoms with Crippen molar-refractivity contribution in [2.75, 3.05) is 102 Å². The summed E-state index contributed by atoms with van der Waals surface area (Å²) in [7, 11) is 0. The van der Waals surface area contributed by atoms with E-state index in [2.05, 4.69) is 33.9 Å². The maximum atomic E-state index is 13.5. The summed E-state index contributed by atoms with van der Waals surface area (Å²) in [6.07, 6.45) is 2.19. The van der Waals surface area contributed by atoms with Crippen LogP contribution < -0.4 is 0 Å². The first-order chi connectivity index (χ1) is 38.2. The van der Waals surface area contributed by atoms with Crippen molar-refractivity contribution in [1.29, 1.82) is 0 Å². The van der Waals surface area contributed by atoms with Gasteiger partial charge in [0.15, 0.2) is 0 Å². The van der Waals surface area contributed by atoms with Gasteiger partial charge < -0.3 is 28.7 Å². The van der Waals surface area contributed by atoms with Gasteiger partial charge in [-0.3, -0.25) is 53.0 Å². The number of amides is 6. The van der Waals surface area contributed by atoms with Crippen LogP contribution in [0.3, 0.4) is 0 Å². The topological polar surface area (TPSA) is 221 Å². The molecule has 0 saturated carbocycles. The molecule has 5 atom stereocenters. The van der Waals surface area contributed by atoms with E-state index in [9.17, 15) is 47.9 Å². The number of thioether (sulfide) groups is 4. The fourth-order valence-electron chi connectivity index (χ4n) is 8.63. The van der Waals surface area contributed by atoms with Crippen molar-refractivity contribution in [1.82, 2.24) is 19.6 Å². The third-order valence-electron chi connectivity index (χ3n) is 14.7. The highest BCUT2D eigenvalue weighted by atomic mass is 32.2. The maximum Gasteiger partial charge on any atom is 0.242 e. The third kappa shape index (κ3) is 21.4. The second-order valence-electron chi connectivity index (χ2n) is 25.9. The van der Waals surface area contributed by atoms with Gasteiger partial charge in [0.25, 0.3) is 0 Å². The quantitative estimate of drug-likeness (QED) is 0.0254. The van der Waals surface area contributed by atoms with Gasteiger partial charge in [-0.05, 0) is 31.1 Å². The van der Waals surface area contributed by atoms with Crippen LogP contribution in [0.1, 0.15) is 134 Å². The standard InChI is InChI=1S/C60H92N4O14S4/c1-40(56(3,4)5)32-79-45-29-50(69)63(54(45)73)21-17-25-77-38-60(36-75-23-15-19-61-41(2)27-43(52(61)71)80-33-47(66)57(6,7)8,39-78-26-18-22-64-51(70)30-46(55(64)74)82-35-49(68)59(12,13)14)37-76-24-16-20-62-42(31-65)28-44(53(62)72)81-34-48(67)58(9,10)11/h43-46H,1-2,15-30,32-39H2,3-14H3. The van der Waals surface area contributed by atoms with Crippen molar-refractivity contribution < 1.29 is 66.9 Å². The van der Waals surface area contributed by atoms with Crippen LogP contribution >= 0.6 is 47.0 Å². The maximum absolute atomic E-state index is 13.5. The van der Waals surface area contributed by atoms with Crippen molar-refractivity contribution in [3.63, 3.8) is 0 Å². The summed E-state index contributed by atoms with van der Waals surface area (Å²) in [5.74, 6) is 1.55. The molecule has 0 aromatic carbocycles. The van der Waals surface area contributed by atoms with E-state index < -0.39 is 42.7 Å². The SMILES string of the molecule is C=C1CC(SCC(=O)C(C)(C)C)C(=O)N1CCCOCC(COCCCN1C(=O)CC(SCC(=C)C(C)(C)C)C1=O)(COCCCN1C(=O)CC(SCC(=O)C(C)(C)C)C1=O)COCCCN1C(=O)C(SCC(=O)C(C)(C)C)CC1=C=O. The van der Waals surface area contributed by atoms with Gasteiger partial charge in [-0.25, -0.2) is 4.79 Å². The van der Waals surface area contributed by atoms with E-state index >= 15 is 0 Å². The molecule has 4 aliphatic heterocycles. The van der Waals surface area contributed by atoms with Crippen LogP contribution in [0.25, 0.3) is 0 Å². The third-order valence-corrected chi connectivity index (χ3v) is 19.6. The molecule has 0 spiro atoms. The fraction of sp³-hybridized carbons (Fsp3) is 0.750. The minimum atomic E-state index is -0.982. The van der Waals surface area contributed by atoms with E-state index in [1.165, 1.54) is 61.7 Å². The molecule has 22 heteroatoms. The largest absolute Gasteiger partial charge is 0.381 e. The monoisotopic (exact) mass is 1220 g/mol. The number of ether oxygens (including phenoxy) is 4. The Bertz CT molecular complexity index is 2210. The first kappa shape index (κ1) is 70.9. The minimum absolute atomic E-state index is 0.00119. The number of Topliss-reactive ketones (excluding diaryl/α,β-unsaturated/α-hetero) is 3. The molecule has 0 N–H and O–H groups in total. The molecule has 0 aromatic rings. The molecule has 5 unspecified atom stereocenters. The molecule has 4 fully saturated rings. The zero-order valence-corrected chi connectivity index (χ0v) is 54.1. The van der Waals surface area contributed by atoms with Crippen molar-refractivity contribution in [2.24, 2.45) is 27.1 Å². The number of hydrogen-bond acceptors (Lipinski definition) is 18. The Morgan fingerprint density at radius 3 is 1.12 bits per heavy atom. The lowest BCUT2D eigenvalue weighted by atomic mass is 9.89. The Morgan fingerprint density at radius 2 is 0.768 bits per heavy atom. The molecule has 460 valence electrons. The number of imide groups is 2. The molecule has 4 saturated heterocycles. The molecule has 0 aromatic heterocycles. The van der Waals surface area contributed by atoms with Crippen LogP contribution in [0.4, 0.5) is 0 Å². The second kappa shape index (κ2) is 31.7. The van der Waals surface area contributed by atoms with E-state index in [4.69, 9.17) is 18.9 Å². The number of rotatable bonds is 36. The van der Waals surface area contributed by atoms with Gasteiger partial charge in [0.05, 0.1) is 70.1 Å². The van der Waals surface area contributed by atoms with Gasteiger partial charge in [-0.2, -0.15) is 0 Å². The highest BCUT2D eigenvalue weighted by molar-refractivity contribution is 8.02. The van der Waals surface area contributed by atoms with E-state index in [0.29, 0.717) is 50.1 Å². The van der Waals surface area contributed by atoms with Gasteiger partial charge in [0.2, 0.25) is 35.4 Å². The predicted molar refractivity (Wildman–Crippen MR) is 325 cm³/mol. The van der Waals surface area contributed by atoms with E-state index in [1.54, 1.807) is 4.90 Å². The number of carbonyl (C=O) groups is 9. The van der Waals surface area contributed by atoms with Gasteiger partial charge in [0.1, 0.15) is 29.0 Å². The Hall–Kier alpha value is -3.60.